The van der Waals surface area contributed by atoms with E-state index in [2.05, 4.69) is 4.90 Å². The number of nitrogens with one attached hydrogen (secondary N) is 1. The van der Waals surface area contributed by atoms with Crippen LogP contribution in [0.1, 0.15) is 74.6 Å². The highest BCUT2D eigenvalue weighted by molar-refractivity contribution is 6.30. The van der Waals surface area contributed by atoms with E-state index in [4.69, 9.17) is 36.1 Å². The van der Waals surface area contributed by atoms with E-state index in [1.54, 1.807) is 29.2 Å². The number of hydrogen-bond acceptors (Lipinski definition) is 6. The molecule has 2 amide bonds. The number of nitrogens with zero attached hydrogens (tertiary/aromatic N) is 2. The number of carbonyl (C=O) groups is 4. The Balaban J connectivity index is 0.000000663. The summed E-state index contributed by atoms with van der Waals surface area (Å²) < 4.78 is 5.49. The number of carbonyl (C=O) groups excluding carboxylic acids is 3. The van der Waals surface area contributed by atoms with Crippen LogP contribution in [-0.4, -0.2) is 96.7 Å². The van der Waals surface area contributed by atoms with Gasteiger partial charge in [-0.05, 0) is 49.9 Å². The Morgan fingerprint density at radius 3 is 1.88 bits per heavy atom. The average Bonchev–Trinajstić information content (AvgIpc) is 2.97. The molecule has 0 unspecified atom stereocenters. The second kappa shape index (κ2) is 16.5. The minimum Gasteiger partial charge on any atom is -0.539 e. The van der Waals surface area contributed by atoms with Gasteiger partial charge in [0.2, 0.25) is 5.91 Å². The molecule has 0 radical (unpaired) electrons. The van der Waals surface area contributed by atoms with Gasteiger partial charge in [-0.15, -0.1) is 0 Å². The third-order valence-corrected chi connectivity index (χ3v) is 8.29. The lowest BCUT2D eigenvalue weighted by atomic mass is 9.88. The Bertz CT molecular complexity index is 942. The van der Waals surface area contributed by atoms with Crippen LogP contribution in [0.4, 0.5) is 0 Å². The predicted octanol–water partition coefficient (Wildman–Crippen LogP) is 1.01. The number of hydrogen-bond donors (Lipinski definition) is 2. The smallest absolute Gasteiger partial charge is 0.351 e. The number of morpholine rings is 1. The second-order valence-corrected chi connectivity index (χ2v) is 11.3. The first-order valence-electron chi connectivity index (χ1n) is 14.5. The Kier molecular flexibility index (Phi) is 13.2. The topological polar surface area (TPSA) is 132 Å². The summed E-state index contributed by atoms with van der Waals surface area (Å²) in [5.74, 6) is -3.95. The van der Waals surface area contributed by atoms with Crippen molar-refractivity contribution in [3.63, 3.8) is 0 Å². The zero-order valence-corrected chi connectivity index (χ0v) is 23.9. The number of amides is 2. The van der Waals surface area contributed by atoms with Crippen LogP contribution in [0.5, 0.6) is 0 Å². The summed E-state index contributed by atoms with van der Waals surface area (Å²) in [6, 6.07) is 7.70. The van der Waals surface area contributed by atoms with Crippen LogP contribution in [0, 0.1) is 0 Å². The van der Waals surface area contributed by atoms with Crippen molar-refractivity contribution >= 4 is 35.4 Å². The van der Waals surface area contributed by atoms with E-state index in [1.165, 1.54) is 43.4 Å². The number of halogens is 1. The number of rotatable bonds is 8. The largest absolute Gasteiger partial charge is 0.539 e. The van der Waals surface area contributed by atoms with Gasteiger partial charge in [0.25, 0.3) is 5.91 Å². The molecule has 222 valence electrons. The van der Waals surface area contributed by atoms with Crippen LogP contribution in [0.15, 0.2) is 24.3 Å². The SMILES string of the molecule is O=C([O-])C(=O)O.O=C(c1ccc(Cl)cc1)N(CC[NH+]1CCOCC1)CC(=O)N(C1CCCCC1)C1CCCCC1. The monoisotopic (exact) mass is 579 g/mol. The molecule has 2 saturated carbocycles. The maximum atomic E-state index is 13.9. The third kappa shape index (κ3) is 10.1. The normalized spacial score (nSPS) is 18.7. The van der Waals surface area contributed by atoms with Crippen molar-refractivity contribution in [1.82, 2.24) is 9.80 Å². The first-order valence-corrected chi connectivity index (χ1v) is 14.9. The molecule has 3 fully saturated rings. The quantitative estimate of drug-likeness (QED) is 0.439. The lowest BCUT2D eigenvalue weighted by molar-refractivity contribution is -0.907. The number of ether oxygens (including phenoxy) is 1. The van der Waals surface area contributed by atoms with E-state index in [0.717, 1.165) is 58.5 Å². The number of benzene rings is 1. The molecule has 1 saturated heterocycles. The van der Waals surface area contributed by atoms with Gasteiger partial charge in [0.15, 0.2) is 5.97 Å². The van der Waals surface area contributed by atoms with Gasteiger partial charge in [0.05, 0.1) is 26.3 Å². The van der Waals surface area contributed by atoms with Crippen LogP contribution in [0.25, 0.3) is 0 Å². The average molecular weight is 580 g/mol. The Morgan fingerprint density at radius 2 is 1.40 bits per heavy atom. The second-order valence-electron chi connectivity index (χ2n) is 10.8. The van der Waals surface area contributed by atoms with Gasteiger partial charge in [0.1, 0.15) is 19.6 Å². The molecule has 0 bridgehead atoms. The maximum Gasteiger partial charge on any atom is 0.351 e. The predicted molar refractivity (Wildman–Crippen MR) is 147 cm³/mol. The molecule has 1 aliphatic heterocycles. The molecular formula is C29H42ClN3O7. The summed E-state index contributed by atoms with van der Waals surface area (Å²) in [6.07, 6.45) is 11.8. The molecule has 2 N–H and O–H groups in total. The van der Waals surface area contributed by atoms with Crippen LogP contribution >= 0.6 is 11.6 Å². The van der Waals surface area contributed by atoms with E-state index in [-0.39, 0.29) is 18.4 Å². The summed E-state index contributed by atoms with van der Waals surface area (Å²) in [5, 5.41) is 16.9. The molecule has 0 spiro atoms. The molecule has 1 heterocycles. The molecular weight excluding hydrogens is 538 g/mol. The maximum absolute atomic E-state index is 13.9. The van der Waals surface area contributed by atoms with Crippen LogP contribution in [0.3, 0.4) is 0 Å². The summed E-state index contributed by atoms with van der Waals surface area (Å²) >= 11 is 6.06. The van der Waals surface area contributed by atoms with E-state index in [0.29, 0.717) is 29.2 Å². The third-order valence-electron chi connectivity index (χ3n) is 8.04. The molecule has 3 aliphatic rings. The number of carboxylic acid groups (broad SMARTS) is 2. The van der Waals surface area contributed by atoms with Crippen molar-refractivity contribution in [2.45, 2.75) is 76.3 Å². The Labute approximate surface area is 241 Å². The van der Waals surface area contributed by atoms with Crippen molar-refractivity contribution in [2.24, 2.45) is 0 Å². The van der Waals surface area contributed by atoms with Gasteiger partial charge in [-0.3, -0.25) is 9.59 Å². The van der Waals surface area contributed by atoms with Gasteiger partial charge in [-0.1, -0.05) is 50.1 Å². The zero-order valence-electron chi connectivity index (χ0n) is 23.2. The van der Waals surface area contributed by atoms with E-state index < -0.39 is 11.9 Å². The van der Waals surface area contributed by atoms with Crippen molar-refractivity contribution in [3.05, 3.63) is 34.9 Å². The van der Waals surface area contributed by atoms with E-state index >= 15 is 0 Å². The van der Waals surface area contributed by atoms with Gasteiger partial charge < -0.3 is 34.4 Å². The Morgan fingerprint density at radius 1 is 0.900 bits per heavy atom. The minimum absolute atomic E-state index is 0.0788. The fourth-order valence-electron chi connectivity index (χ4n) is 5.90. The van der Waals surface area contributed by atoms with Gasteiger partial charge in [0, 0.05) is 22.7 Å². The molecule has 10 nitrogen and oxygen atoms in total. The van der Waals surface area contributed by atoms with Crippen LogP contribution in [-0.2, 0) is 19.1 Å². The lowest BCUT2D eigenvalue weighted by Gasteiger charge is -2.42. The van der Waals surface area contributed by atoms with Gasteiger partial charge >= 0.3 is 5.97 Å². The molecule has 40 heavy (non-hydrogen) atoms. The highest BCUT2D eigenvalue weighted by Crippen LogP contribution is 2.30. The Hall–Kier alpha value is -2.69. The molecule has 11 heteroatoms. The summed E-state index contributed by atoms with van der Waals surface area (Å²) in [5.41, 5.74) is 0.594. The molecule has 1 aromatic rings. The van der Waals surface area contributed by atoms with Gasteiger partial charge in [-0.25, -0.2) is 4.79 Å². The number of quaternary nitrogens is 1. The van der Waals surface area contributed by atoms with Crippen molar-refractivity contribution < 1.29 is 39.0 Å². The minimum atomic E-state index is -2.07. The van der Waals surface area contributed by atoms with Crippen molar-refractivity contribution in [1.29, 1.82) is 0 Å². The van der Waals surface area contributed by atoms with Gasteiger partial charge in [-0.2, -0.15) is 0 Å². The molecule has 0 aromatic heterocycles. The molecule has 2 aliphatic carbocycles. The molecule has 1 aromatic carbocycles. The fourth-order valence-corrected chi connectivity index (χ4v) is 6.03. The van der Waals surface area contributed by atoms with E-state index in [1.807, 2.05) is 0 Å². The summed E-state index contributed by atoms with van der Waals surface area (Å²) in [7, 11) is 0. The molecule has 0 atom stereocenters. The van der Waals surface area contributed by atoms with Crippen LogP contribution < -0.4 is 10.0 Å². The first-order chi connectivity index (χ1) is 19.3. The van der Waals surface area contributed by atoms with Crippen LogP contribution in [0.2, 0.25) is 5.02 Å². The van der Waals surface area contributed by atoms with Crippen molar-refractivity contribution in [3.8, 4) is 0 Å². The number of carboxylic acids is 2. The summed E-state index contributed by atoms with van der Waals surface area (Å²) in [6.45, 7) is 5.00. The van der Waals surface area contributed by atoms with Crippen molar-refractivity contribution in [2.75, 3.05) is 45.9 Å². The standard InChI is InChI=1S/C27H40ClN3O3.C2H2O4/c28-23-13-11-22(12-14-23)27(33)30(16-15-29-17-19-34-20-18-29)21-26(32)31(24-7-3-1-4-8-24)25-9-5-2-6-10-25;3-1(4)2(5)6/h11-14,24-25H,1-10,15-21H2;(H,3,4)(H,5,6). The zero-order chi connectivity index (χ0) is 28.9. The summed E-state index contributed by atoms with van der Waals surface area (Å²) in [4.78, 5) is 50.9. The first kappa shape index (κ1) is 31.8. The molecule has 4 rings (SSSR count). The number of aliphatic carboxylic acids is 2. The lowest BCUT2D eigenvalue weighted by Crippen LogP contribution is -3.14. The highest BCUT2D eigenvalue weighted by atomic mass is 35.5. The fraction of sp³-hybridized carbons (Fsp3) is 0.655. The highest BCUT2D eigenvalue weighted by Gasteiger charge is 2.34. The van der Waals surface area contributed by atoms with E-state index in [9.17, 15) is 9.59 Å².